The second-order valence-electron chi connectivity index (χ2n) is 7.50. The van der Waals surface area contributed by atoms with Crippen LogP contribution in [0.25, 0.3) is 0 Å². The number of anilines is 1. The van der Waals surface area contributed by atoms with Gasteiger partial charge in [-0.25, -0.2) is 13.1 Å². The Kier molecular flexibility index (Phi) is 13.3. The van der Waals surface area contributed by atoms with E-state index in [0.29, 0.717) is 12.1 Å². The van der Waals surface area contributed by atoms with Crippen LogP contribution in [0, 0.1) is 0 Å². The van der Waals surface area contributed by atoms with E-state index in [1.807, 2.05) is 0 Å². The summed E-state index contributed by atoms with van der Waals surface area (Å²) < 4.78 is 26.4. The molecule has 0 heterocycles. The first-order valence-electron chi connectivity index (χ1n) is 11.0. The number of unbranched alkanes of at least 4 members (excludes halogenated alkanes) is 10. The highest BCUT2D eigenvalue weighted by molar-refractivity contribution is 7.89. The quantitative estimate of drug-likeness (QED) is 0.246. The van der Waals surface area contributed by atoms with Gasteiger partial charge in [0, 0.05) is 18.7 Å². The predicted molar refractivity (Wildman–Crippen MR) is 122 cm³/mol. The zero-order valence-corrected chi connectivity index (χ0v) is 18.7. The second-order valence-corrected chi connectivity index (χ2v) is 9.27. The molecule has 29 heavy (non-hydrogen) atoms. The number of carbonyl (C=O) groups is 1. The minimum absolute atomic E-state index is 0.0266. The summed E-state index contributed by atoms with van der Waals surface area (Å²) >= 11 is 0. The summed E-state index contributed by atoms with van der Waals surface area (Å²) in [6.07, 6.45) is 15.8. The molecule has 0 aliphatic carbocycles. The van der Waals surface area contributed by atoms with Crippen LogP contribution in [0.1, 0.15) is 84.0 Å². The van der Waals surface area contributed by atoms with Gasteiger partial charge < -0.3 is 5.32 Å². The van der Waals surface area contributed by atoms with Gasteiger partial charge in [0.2, 0.25) is 15.9 Å². The maximum absolute atomic E-state index is 12.0. The number of benzene rings is 1. The van der Waals surface area contributed by atoms with Crippen molar-refractivity contribution in [3.05, 3.63) is 36.9 Å². The molecule has 2 N–H and O–H groups in total. The summed E-state index contributed by atoms with van der Waals surface area (Å²) in [5.74, 6) is -0.0266. The van der Waals surface area contributed by atoms with Crippen molar-refractivity contribution in [2.45, 2.75) is 88.9 Å². The molecule has 0 unspecified atom stereocenters. The van der Waals surface area contributed by atoms with E-state index in [1.165, 1.54) is 76.0 Å². The molecule has 0 aromatic heterocycles. The summed E-state index contributed by atoms with van der Waals surface area (Å²) in [7, 11) is -3.54. The number of nitrogens with one attached hydrogen (secondary N) is 2. The third-order valence-electron chi connectivity index (χ3n) is 4.87. The molecule has 0 spiro atoms. The molecule has 0 radical (unpaired) electrons. The van der Waals surface area contributed by atoms with Crippen LogP contribution >= 0.6 is 0 Å². The topological polar surface area (TPSA) is 75.3 Å². The molecule has 0 aliphatic heterocycles. The summed E-state index contributed by atoms with van der Waals surface area (Å²) in [6, 6.07) is 6.20. The van der Waals surface area contributed by atoms with Crippen LogP contribution < -0.4 is 10.0 Å². The van der Waals surface area contributed by atoms with Gasteiger partial charge in [-0.2, -0.15) is 0 Å². The largest absolute Gasteiger partial charge is 0.326 e. The highest BCUT2D eigenvalue weighted by atomic mass is 32.2. The van der Waals surface area contributed by atoms with Crippen molar-refractivity contribution in [2.75, 3.05) is 11.9 Å². The normalized spacial score (nSPS) is 11.3. The molecular formula is C23H38N2O3S. The lowest BCUT2D eigenvalue weighted by Gasteiger charge is -2.08. The Morgan fingerprint density at radius 2 is 1.41 bits per heavy atom. The molecule has 0 aliphatic rings. The summed E-state index contributed by atoms with van der Waals surface area (Å²) in [6.45, 7) is 5.91. The average Bonchev–Trinajstić information content (AvgIpc) is 2.71. The van der Waals surface area contributed by atoms with Crippen molar-refractivity contribution in [3.8, 4) is 0 Å². The standard InChI is InChI=1S/C23H38N2O3S/c1-3-5-6-7-8-9-10-11-12-13-14-15-23(26)25-21-16-18-22(19-17-21)29(27,28)24-20-4-2/h4,16-19,24H,2-3,5-15,20H2,1H3,(H,25,26). The smallest absolute Gasteiger partial charge is 0.240 e. The van der Waals surface area contributed by atoms with E-state index in [-0.39, 0.29) is 17.3 Å². The molecule has 0 fully saturated rings. The number of hydrogen-bond acceptors (Lipinski definition) is 3. The van der Waals surface area contributed by atoms with Crippen LogP contribution in [0.4, 0.5) is 5.69 Å². The molecular weight excluding hydrogens is 384 g/mol. The molecule has 1 amide bonds. The molecule has 5 nitrogen and oxygen atoms in total. The monoisotopic (exact) mass is 422 g/mol. The maximum atomic E-state index is 12.0. The minimum Gasteiger partial charge on any atom is -0.326 e. The molecule has 164 valence electrons. The number of carbonyl (C=O) groups excluding carboxylic acids is 1. The fourth-order valence-electron chi connectivity index (χ4n) is 3.14. The SMILES string of the molecule is C=CCNS(=O)(=O)c1ccc(NC(=O)CCCCCCCCCCCCC)cc1. The highest BCUT2D eigenvalue weighted by Crippen LogP contribution is 2.15. The van der Waals surface area contributed by atoms with Gasteiger partial charge in [-0.15, -0.1) is 6.58 Å². The third-order valence-corrected chi connectivity index (χ3v) is 6.31. The van der Waals surface area contributed by atoms with Gasteiger partial charge in [-0.3, -0.25) is 4.79 Å². The number of rotatable bonds is 17. The molecule has 0 saturated heterocycles. The van der Waals surface area contributed by atoms with E-state index < -0.39 is 10.0 Å². The van der Waals surface area contributed by atoms with Crippen molar-refractivity contribution in [3.63, 3.8) is 0 Å². The van der Waals surface area contributed by atoms with E-state index in [0.717, 1.165) is 12.8 Å². The first-order chi connectivity index (χ1) is 14.0. The molecule has 0 saturated carbocycles. The van der Waals surface area contributed by atoms with Crippen molar-refractivity contribution >= 4 is 21.6 Å². The summed E-state index contributed by atoms with van der Waals surface area (Å²) in [4.78, 5) is 12.2. The van der Waals surface area contributed by atoms with Crippen LogP contribution in [-0.4, -0.2) is 20.9 Å². The molecule has 1 aromatic rings. The minimum atomic E-state index is -3.54. The van der Waals surface area contributed by atoms with Crippen molar-refractivity contribution in [1.82, 2.24) is 4.72 Å². The number of hydrogen-bond donors (Lipinski definition) is 2. The van der Waals surface area contributed by atoms with Crippen molar-refractivity contribution in [2.24, 2.45) is 0 Å². The second kappa shape index (κ2) is 15.2. The molecule has 1 rings (SSSR count). The first-order valence-corrected chi connectivity index (χ1v) is 12.5. The predicted octanol–water partition coefficient (Wildman–Crippen LogP) is 5.79. The van der Waals surface area contributed by atoms with Crippen LogP contribution in [0.5, 0.6) is 0 Å². The fourth-order valence-corrected chi connectivity index (χ4v) is 4.14. The molecule has 0 atom stereocenters. The van der Waals surface area contributed by atoms with Crippen LogP contribution in [0.3, 0.4) is 0 Å². The van der Waals surface area contributed by atoms with E-state index in [4.69, 9.17) is 0 Å². The lowest BCUT2D eigenvalue weighted by atomic mass is 10.1. The Bertz CT molecular complexity index is 685. The van der Waals surface area contributed by atoms with E-state index in [2.05, 4.69) is 23.5 Å². The van der Waals surface area contributed by atoms with Gasteiger partial charge in [-0.05, 0) is 30.7 Å². The average molecular weight is 423 g/mol. The molecule has 0 bridgehead atoms. The van der Waals surface area contributed by atoms with Gasteiger partial charge in [-0.1, -0.05) is 77.2 Å². The number of sulfonamides is 1. The Morgan fingerprint density at radius 3 is 1.93 bits per heavy atom. The van der Waals surface area contributed by atoms with Gasteiger partial charge in [0.1, 0.15) is 0 Å². The van der Waals surface area contributed by atoms with E-state index >= 15 is 0 Å². The molecule has 6 heteroatoms. The van der Waals surface area contributed by atoms with E-state index in [1.54, 1.807) is 12.1 Å². The zero-order chi connectivity index (χ0) is 21.4. The van der Waals surface area contributed by atoms with Gasteiger partial charge >= 0.3 is 0 Å². The van der Waals surface area contributed by atoms with Crippen molar-refractivity contribution in [1.29, 1.82) is 0 Å². The third kappa shape index (κ3) is 11.8. The summed E-state index contributed by atoms with van der Waals surface area (Å²) in [5.41, 5.74) is 0.612. The summed E-state index contributed by atoms with van der Waals surface area (Å²) in [5, 5.41) is 2.83. The first kappa shape index (κ1) is 25.4. The van der Waals surface area contributed by atoms with Crippen LogP contribution in [-0.2, 0) is 14.8 Å². The Hall–Kier alpha value is -1.66. The van der Waals surface area contributed by atoms with Gasteiger partial charge in [0.05, 0.1) is 4.90 Å². The van der Waals surface area contributed by atoms with Gasteiger partial charge in [0.25, 0.3) is 0 Å². The maximum Gasteiger partial charge on any atom is 0.240 e. The number of amides is 1. The Balaban J connectivity index is 2.15. The van der Waals surface area contributed by atoms with E-state index in [9.17, 15) is 13.2 Å². The van der Waals surface area contributed by atoms with Crippen LogP contribution in [0.15, 0.2) is 41.8 Å². The van der Waals surface area contributed by atoms with Crippen LogP contribution in [0.2, 0.25) is 0 Å². The molecule has 1 aromatic carbocycles. The fraction of sp³-hybridized carbons (Fsp3) is 0.609. The Morgan fingerprint density at radius 1 is 0.897 bits per heavy atom. The van der Waals surface area contributed by atoms with Crippen molar-refractivity contribution < 1.29 is 13.2 Å². The lowest BCUT2D eigenvalue weighted by molar-refractivity contribution is -0.116. The van der Waals surface area contributed by atoms with Gasteiger partial charge in [0.15, 0.2) is 0 Å². The Labute approximate surface area is 177 Å². The highest BCUT2D eigenvalue weighted by Gasteiger charge is 2.12. The zero-order valence-electron chi connectivity index (χ0n) is 17.9. The lowest BCUT2D eigenvalue weighted by Crippen LogP contribution is -2.23.